The van der Waals surface area contributed by atoms with Gasteiger partial charge < -0.3 is 24.0 Å². The average molecular weight is 344 g/mol. The molecule has 2 heteroatoms. The summed E-state index contributed by atoms with van der Waals surface area (Å²) in [7, 11) is 2.11. The molecule has 0 aromatic heterocycles. The molecular weight excluding hydrogens is 314 g/mol. The lowest BCUT2D eigenvalue weighted by molar-refractivity contribution is -0.00000308. The molecule has 1 atom stereocenters. The molecule has 0 aromatic rings. The molecule has 0 spiro atoms. The first-order valence-electron chi connectivity index (χ1n) is 6.71. The third-order valence-electron chi connectivity index (χ3n) is 2.85. The molecule has 0 aliphatic rings. The first-order valence-corrected chi connectivity index (χ1v) is 7.71. The minimum Gasteiger partial charge on any atom is -1.00 e. The maximum absolute atomic E-state index is 2.29. The van der Waals surface area contributed by atoms with Crippen LogP contribution in [0, 0.1) is 0 Å². The highest BCUT2D eigenvalue weighted by atomic mass is 127. The number of hydrogen-bond acceptors (Lipinski definition) is 0. The van der Waals surface area contributed by atoms with Crippen molar-refractivity contribution < 1.29 is 24.0 Å². The van der Waals surface area contributed by atoms with Crippen LogP contribution in [0.25, 0.3) is 0 Å². The quantitative estimate of drug-likeness (QED) is 0.305. The summed E-state index contributed by atoms with van der Waals surface area (Å²) in [5.74, 6) is 0. The fraction of sp³-hybridized carbons (Fsp3) is 1.00. The van der Waals surface area contributed by atoms with Crippen LogP contribution in [-0.4, -0.2) is 6.16 Å². The summed E-state index contributed by atoms with van der Waals surface area (Å²) in [6.45, 7) is 2.29. The van der Waals surface area contributed by atoms with Crippen molar-refractivity contribution in [3.63, 3.8) is 0 Å². The first kappa shape index (κ1) is 18.5. The zero-order chi connectivity index (χ0) is 10.5. The van der Waals surface area contributed by atoms with E-state index in [0.717, 1.165) is 0 Å². The molecule has 0 fully saturated rings. The number of unbranched alkanes of at least 4 members (excludes halogenated alkanes) is 10. The van der Waals surface area contributed by atoms with E-state index in [0.29, 0.717) is 0 Å². The predicted octanol–water partition coefficient (Wildman–Crippen LogP) is 1.91. The van der Waals surface area contributed by atoms with Gasteiger partial charge in [-0.3, -0.25) is 0 Å². The van der Waals surface area contributed by atoms with E-state index in [2.05, 4.69) is 16.2 Å². The van der Waals surface area contributed by atoms with Crippen LogP contribution in [0.5, 0.6) is 0 Å². The van der Waals surface area contributed by atoms with Gasteiger partial charge in [-0.15, -0.1) is 0 Å². The van der Waals surface area contributed by atoms with Gasteiger partial charge in [-0.25, -0.2) is 0 Å². The zero-order valence-electron chi connectivity index (χ0n) is 10.6. The fourth-order valence-electron chi connectivity index (χ4n) is 1.84. The third kappa shape index (κ3) is 17.8. The molecule has 0 aromatic carbocycles. The lowest BCUT2D eigenvalue weighted by Gasteiger charge is -2.01. The Kier molecular flexibility index (Phi) is 21.7. The molecule has 0 aliphatic heterocycles. The van der Waals surface area contributed by atoms with Gasteiger partial charge in [-0.05, 0) is 22.1 Å². The van der Waals surface area contributed by atoms with Crippen LogP contribution in [0.1, 0.15) is 77.6 Å². The molecule has 0 aliphatic carbocycles. The Morgan fingerprint density at radius 3 is 1.27 bits per heavy atom. The van der Waals surface area contributed by atoms with Crippen molar-refractivity contribution in [3.8, 4) is 0 Å². The van der Waals surface area contributed by atoms with Gasteiger partial charge in [-0.1, -0.05) is 64.7 Å². The fourth-order valence-corrected chi connectivity index (χ4v) is 2.19. The standard InChI is InChI=1S/C13H29P.HI/c1-2-3-4-5-6-7-8-9-10-11-12-13-14;/h2-14H2,1H3;1H. The van der Waals surface area contributed by atoms with Crippen molar-refractivity contribution in [2.75, 3.05) is 6.16 Å². The van der Waals surface area contributed by atoms with Gasteiger partial charge in [-0.2, -0.15) is 0 Å². The van der Waals surface area contributed by atoms with Crippen LogP contribution in [0.3, 0.4) is 0 Å². The van der Waals surface area contributed by atoms with Crippen molar-refractivity contribution in [2.45, 2.75) is 77.6 Å². The van der Waals surface area contributed by atoms with E-state index in [1.54, 1.807) is 0 Å². The Hall–Kier alpha value is 1.16. The molecular formula is C13H30IP. The Morgan fingerprint density at radius 1 is 0.600 bits per heavy atom. The summed E-state index contributed by atoms with van der Waals surface area (Å²) >= 11 is 0. The van der Waals surface area contributed by atoms with Crippen LogP contribution in [0.15, 0.2) is 0 Å². The van der Waals surface area contributed by atoms with E-state index < -0.39 is 0 Å². The monoisotopic (exact) mass is 344 g/mol. The minimum atomic E-state index is 0. The Bertz CT molecular complexity index is 84.5. The van der Waals surface area contributed by atoms with Crippen molar-refractivity contribution >= 4 is 9.24 Å². The van der Waals surface area contributed by atoms with Crippen LogP contribution in [0.2, 0.25) is 0 Å². The largest absolute Gasteiger partial charge is 1.00 e. The molecule has 94 valence electrons. The van der Waals surface area contributed by atoms with E-state index in [-0.39, 0.29) is 24.0 Å². The predicted molar refractivity (Wildman–Crippen MR) is 72.4 cm³/mol. The highest BCUT2D eigenvalue weighted by Crippen LogP contribution is 2.11. The molecule has 0 amide bonds. The number of hydrogen-bond donors (Lipinski definition) is 0. The second-order valence-corrected chi connectivity index (χ2v) is 5.10. The van der Waals surface area contributed by atoms with E-state index in [4.69, 9.17) is 0 Å². The van der Waals surface area contributed by atoms with E-state index in [9.17, 15) is 0 Å². The molecule has 0 bridgehead atoms. The van der Waals surface area contributed by atoms with Crippen molar-refractivity contribution in [1.29, 1.82) is 0 Å². The molecule has 0 saturated carbocycles. The second kappa shape index (κ2) is 17.6. The van der Waals surface area contributed by atoms with Crippen LogP contribution in [-0.2, 0) is 0 Å². The van der Waals surface area contributed by atoms with Crippen molar-refractivity contribution in [2.24, 2.45) is 0 Å². The van der Waals surface area contributed by atoms with Gasteiger partial charge in [0, 0.05) is 0 Å². The normalized spacial score (nSPS) is 10.2. The summed E-state index contributed by atoms with van der Waals surface area (Å²) < 4.78 is 0. The van der Waals surface area contributed by atoms with Gasteiger partial charge >= 0.3 is 0 Å². The molecule has 0 nitrogen and oxygen atoms in total. The van der Waals surface area contributed by atoms with Crippen LogP contribution in [0.4, 0.5) is 0 Å². The third-order valence-corrected chi connectivity index (χ3v) is 3.35. The number of halogens is 1. The van der Waals surface area contributed by atoms with Gasteiger partial charge in [0.2, 0.25) is 0 Å². The van der Waals surface area contributed by atoms with Gasteiger partial charge in [0.1, 0.15) is 0 Å². The summed E-state index contributed by atoms with van der Waals surface area (Å²) in [6, 6.07) is 0. The topological polar surface area (TPSA) is 0 Å². The molecule has 0 heterocycles. The molecule has 0 N–H and O–H groups in total. The van der Waals surface area contributed by atoms with Crippen LogP contribution >= 0.6 is 9.24 Å². The second-order valence-electron chi connectivity index (χ2n) is 4.39. The highest BCUT2D eigenvalue weighted by molar-refractivity contribution is 7.16. The number of rotatable bonds is 11. The molecule has 0 saturated heterocycles. The van der Waals surface area contributed by atoms with Crippen molar-refractivity contribution in [3.05, 3.63) is 0 Å². The minimum absolute atomic E-state index is 0. The summed E-state index contributed by atoms with van der Waals surface area (Å²) in [4.78, 5) is 0. The maximum Gasteiger partial charge on any atom is 0.0526 e. The lowest BCUT2D eigenvalue weighted by atomic mass is 10.1. The Morgan fingerprint density at radius 2 is 0.933 bits per heavy atom. The highest BCUT2D eigenvalue weighted by Gasteiger charge is 1.92. The van der Waals surface area contributed by atoms with E-state index >= 15 is 0 Å². The van der Waals surface area contributed by atoms with E-state index in [1.807, 2.05) is 0 Å². The van der Waals surface area contributed by atoms with E-state index in [1.165, 1.54) is 76.8 Å². The van der Waals surface area contributed by atoms with Gasteiger partial charge in [0.05, 0.1) is 6.16 Å². The van der Waals surface area contributed by atoms with Crippen LogP contribution < -0.4 is 24.0 Å². The maximum atomic E-state index is 2.29. The Labute approximate surface area is 117 Å². The van der Waals surface area contributed by atoms with Crippen molar-refractivity contribution in [1.82, 2.24) is 0 Å². The lowest BCUT2D eigenvalue weighted by Crippen LogP contribution is -3.00. The summed E-state index contributed by atoms with van der Waals surface area (Å²) in [5, 5.41) is 0. The van der Waals surface area contributed by atoms with Gasteiger partial charge in [0.25, 0.3) is 0 Å². The summed E-state index contributed by atoms with van der Waals surface area (Å²) in [5.41, 5.74) is 0. The van der Waals surface area contributed by atoms with Gasteiger partial charge in [0.15, 0.2) is 0 Å². The summed E-state index contributed by atoms with van der Waals surface area (Å²) in [6.07, 6.45) is 17.5. The molecule has 0 rings (SSSR count). The molecule has 15 heavy (non-hydrogen) atoms. The molecule has 1 unspecified atom stereocenters. The molecule has 0 radical (unpaired) electrons. The zero-order valence-corrected chi connectivity index (χ0v) is 14.1. The SMILES string of the molecule is CCCCCCCCCCCCC[PH3+].[I-]. The Balaban J connectivity index is 0. The smallest absolute Gasteiger partial charge is 0.0526 e. The average Bonchev–Trinajstić information content (AvgIpc) is 2.21. The first-order chi connectivity index (χ1) is 6.91.